The number of aryl methyl sites for hydroxylation is 1. The molecule has 29 heavy (non-hydrogen) atoms. The molecule has 0 aliphatic heterocycles. The van der Waals surface area contributed by atoms with E-state index >= 15 is 0 Å². The summed E-state index contributed by atoms with van der Waals surface area (Å²) in [5.41, 5.74) is 8.11. The second kappa shape index (κ2) is 8.27. The highest BCUT2D eigenvalue weighted by Crippen LogP contribution is 2.23. The Morgan fingerprint density at radius 3 is 2.41 bits per heavy atom. The Morgan fingerprint density at radius 2 is 1.76 bits per heavy atom. The number of urea groups is 1. The molecule has 4 N–H and O–H groups in total. The lowest BCUT2D eigenvalue weighted by Gasteiger charge is -2.10. The van der Waals surface area contributed by atoms with Crippen molar-refractivity contribution in [1.82, 2.24) is 15.3 Å². The molecule has 9 heteroatoms. The van der Waals surface area contributed by atoms with Crippen LogP contribution in [0.1, 0.15) is 11.3 Å². The third kappa shape index (κ3) is 4.88. The minimum absolute atomic E-state index is 0.178. The Kier molecular flexibility index (Phi) is 5.79. The van der Waals surface area contributed by atoms with Gasteiger partial charge in [0, 0.05) is 24.4 Å². The molecular weight excluding hydrogens is 390 g/mol. The van der Waals surface area contributed by atoms with Gasteiger partial charge in [-0.15, -0.1) is 0 Å². The fourth-order valence-corrected chi connectivity index (χ4v) is 4.33. The highest BCUT2D eigenvalue weighted by molar-refractivity contribution is 7.90. The van der Waals surface area contributed by atoms with E-state index in [1.807, 2.05) is 0 Å². The molecule has 1 aromatic heterocycles. The van der Waals surface area contributed by atoms with Gasteiger partial charge in [0.25, 0.3) is 0 Å². The molecule has 0 atom stereocenters. The molecule has 0 unspecified atom stereocenters. The predicted molar refractivity (Wildman–Crippen MR) is 112 cm³/mol. The summed E-state index contributed by atoms with van der Waals surface area (Å²) in [6.45, 7) is 1.75. The summed E-state index contributed by atoms with van der Waals surface area (Å²) in [6, 6.07) is 14.8. The quantitative estimate of drug-likeness (QED) is 0.592. The SMILES string of the molecule is CNC(=O)Nc1ccc(-c2nc(N)cc(CS(=O)(=O)c3ccccc3C)n2)cc1. The van der Waals surface area contributed by atoms with Gasteiger partial charge in [0.2, 0.25) is 0 Å². The molecule has 0 aliphatic carbocycles. The summed E-state index contributed by atoms with van der Waals surface area (Å²) in [4.78, 5) is 20.2. The van der Waals surface area contributed by atoms with E-state index in [2.05, 4.69) is 20.6 Å². The number of nitrogens with one attached hydrogen (secondary N) is 2. The molecule has 2 aromatic carbocycles. The van der Waals surface area contributed by atoms with Crippen LogP contribution in [0, 0.1) is 6.92 Å². The van der Waals surface area contributed by atoms with E-state index in [0.29, 0.717) is 28.3 Å². The molecule has 8 nitrogen and oxygen atoms in total. The molecule has 0 aliphatic rings. The number of rotatable bonds is 5. The number of carbonyl (C=O) groups excluding carboxylic acids is 1. The maximum atomic E-state index is 12.8. The molecule has 0 radical (unpaired) electrons. The maximum absolute atomic E-state index is 12.8. The lowest BCUT2D eigenvalue weighted by atomic mass is 10.2. The molecule has 2 amide bonds. The molecule has 0 saturated heterocycles. The van der Waals surface area contributed by atoms with Crippen LogP contribution in [0.2, 0.25) is 0 Å². The molecule has 3 rings (SSSR count). The number of hydrogen-bond acceptors (Lipinski definition) is 6. The van der Waals surface area contributed by atoms with E-state index in [-0.39, 0.29) is 22.5 Å². The van der Waals surface area contributed by atoms with Gasteiger partial charge in [-0.1, -0.05) is 18.2 Å². The normalized spacial score (nSPS) is 11.1. The third-order valence-electron chi connectivity index (χ3n) is 4.19. The van der Waals surface area contributed by atoms with Gasteiger partial charge in [0.15, 0.2) is 15.7 Å². The average Bonchev–Trinajstić information content (AvgIpc) is 2.67. The van der Waals surface area contributed by atoms with Crippen LogP contribution in [-0.4, -0.2) is 31.5 Å². The van der Waals surface area contributed by atoms with Gasteiger partial charge in [0.1, 0.15) is 5.82 Å². The molecule has 150 valence electrons. The fourth-order valence-electron chi connectivity index (χ4n) is 2.80. The predicted octanol–water partition coefficient (Wildman–Crippen LogP) is 2.76. The number of benzene rings is 2. The number of nitrogens with zero attached hydrogens (tertiary/aromatic N) is 2. The van der Waals surface area contributed by atoms with E-state index in [1.165, 1.54) is 13.1 Å². The number of nitrogens with two attached hydrogens (primary N) is 1. The summed E-state index contributed by atoms with van der Waals surface area (Å²) in [7, 11) is -2.06. The molecule has 0 fully saturated rings. The average molecular weight is 411 g/mol. The van der Waals surface area contributed by atoms with Crippen molar-refractivity contribution in [2.45, 2.75) is 17.6 Å². The van der Waals surface area contributed by atoms with Crippen molar-refractivity contribution in [2.24, 2.45) is 0 Å². The summed E-state index contributed by atoms with van der Waals surface area (Å²) in [6.07, 6.45) is 0. The molecule has 0 spiro atoms. The Balaban J connectivity index is 1.89. The smallest absolute Gasteiger partial charge is 0.318 e. The maximum Gasteiger partial charge on any atom is 0.318 e. The third-order valence-corrected chi connectivity index (χ3v) is 6.00. The van der Waals surface area contributed by atoms with E-state index in [4.69, 9.17) is 5.73 Å². The van der Waals surface area contributed by atoms with Crippen LogP contribution in [0.15, 0.2) is 59.5 Å². The number of anilines is 2. The number of sulfone groups is 1. The number of aromatic nitrogens is 2. The van der Waals surface area contributed by atoms with Crippen LogP contribution in [0.4, 0.5) is 16.3 Å². The minimum Gasteiger partial charge on any atom is -0.384 e. The first-order valence-corrected chi connectivity index (χ1v) is 10.4. The van der Waals surface area contributed by atoms with Gasteiger partial charge >= 0.3 is 6.03 Å². The van der Waals surface area contributed by atoms with E-state index in [9.17, 15) is 13.2 Å². The van der Waals surface area contributed by atoms with Crippen molar-refractivity contribution in [3.63, 3.8) is 0 Å². The first-order chi connectivity index (χ1) is 13.8. The first-order valence-electron chi connectivity index (χ1n) is 8.79. The van der Waals surface area contributed by atoms with Gasteiger partial charge in [-0.3, -0.25) is 0 Å². The molecule has 3 aromatic rings. The monoisotopic (exact) mass is 411 g/mol. The van der Waals surface area contributed by atoms with Crippen molar-refractivity contribution in [3.05, 3.63) is 65.9 Å². The molecule has 0 bridgehead atoms. The Bertz CT molecular complexity index is 1150. The second-order valence-electron chi connectivity index (χ2n) is 6.41. The summed E-state index contributed by atoms with van der Waals surface area (Å²) >= 11 is 0. The minimum atomic E-state index is -3.58. The molecule has 0 saturated carbocycles. The largest absolute Gasteiger partial charge is 0.384 e. The highest BCUT2D eigenvalue weighted by Gasteiger charge is 2.19. The van der Waals surface area contributed by atoms with Crippen LogP contribution in [0.25, 0.3) is 11.4 Å². The van der Waals surface area contributed by atoms with Crippen molar-refractivity contribution in [2.75, 3.05) is 18.1 Å². The summed E-state index contributed by atoms with van der Waals surface area (Å²) in [5, 5.41) is 5.12. The topological polar surface area (TPSA) is 127 Å². The second-order valence-corrected chi connectivity index (χ2v) is 8.37. The fraction of sp³-hybridized carbons (Fsp3) is 0.150. The van der Waals surface area contributed by atoms with Crippen molar-refractivity contribution >= 4 is 27.4 Å². The Hall–Kier alpha value is -3.46. The lowest BCUT2D eigenvalue weighted by molar-refractivity contribution is 0.254. The van der Waals surface area contributed by atoms with Gasteiger partial charge < -0.3 is 16.4 Å². The van der Waals surface area contributed by atoms with Gasteiger partial charge in [-0.25, -0.2) is 23.2 Å². The van der Waals surface area contributed by atoms with Crippen LogP contribution in [-0.2, 0) is 15.6 Å². The van der Waals surface area contributed by atoms with E-state index < -0.39 is 9.84 Å². The summed E-state index contributed by atoms with van der Waals surface area (Å²) < 4.78 is 25.6. The standard InChI is InChI=1S/C20H21N5O3S/c1-13-5-3-4-6-17(13)29(27,28)12-16-11-18(21)25-19(23-16)14-7-9-15(10-8-14)24-20(26)22-2/h3-11H,12H2,1-2H3,(H2,21,23,25)(H2,22,24,26). The van der Waals surface area contributed by atoms with Gasteiger partial charge in [-0.2, -0.15) is 0 Å². The van der Waals surface area contributed by atoms with Gasteiger partial charge in [-0.05, 0) is 42.8 Å². The molecular formula is C20H21N5O3S. The molecule has 1 heterocycles. The van der Waals surface area contributed by atoms with Gasteiger partial charge in [0.05, 0.1) is 16.3 Å². The number of carbonyl (C=O) groups is 1. The Morgan fingerprint density at radius 1 is 1.07 bits per heavy atom. The number of amides is 2. The van der Waals surface area contributed by atoms with E-state index in [0.717, 1.165) is 0 Å². The number of hydrogen-bond donors (Lipinski definition) is 3. The van der Waals surface area contributed by atoms with Crippen LogP contribution < -0.4 is 16.4 Å². The first kappa shape index (κ1) is 20.3. The van der Waals surface area contributed by atoms with Crippen molar-refractivity contribution < 1.29 is 13.2 Å². The zero-order chi connectivity index (χ0) is 21.0. The lowest BCUT2D eigenvalue weighted by Crippen LogP contribution is -2.24. The number of nitrogen functional groups attached to an aromatic ring is 1. The van der Waals surface area contributed by atoms with Crippen LogP contribution in [0.3, 0.4) is 0 Å². The van der Waals surface area contributed by atoms with E-state index in [1.54, 1.807) is 55.5 Å². The van der Waals surface area contributed by atoms with Crippen LogP contribution >= 0.6 is 0 Å². The van der Waals surface area contributed by atoms with Crippen molar-refractivity contribution in [1.29, 1.82) is 0 Å². The van der Waals surface area contributed by atoms with Crippen molar-refractivity contribution in [3.8, 4) is 11.4 Å². The van der Waals surface area contributed by atoms with Crippen LogP contribution in [0.5, 0.6) is 0 Å². The zero-order valence-corrected chi connectivity index (χ0v) is 16.8. The highest BCUT2D eigenvalue weighted by atomic mass is 32.2. The zero-order valence-electron chi connectivity index (χ0n) is 16.0. The summed E-state index contributed by atoms with van der Waals surface area (Å²) in [5.74, 6) is 0.206. The Labute approximate surface area is 169 Å².